The van der Waals surface area contributed by atoms with Crippen molar-refractivity contribution in [2.45, 2.75) is 25.9 Å². The second-order valence-electron chi connectivity index (χ2n) is 5.38. The van der Waals surface area contributed by atoms with Gasteiger partial charge in [0.2, 0.25) is 0 Å². The Balaban J connectivity index is 2.10. The van der Waals surface area contributed by atoms with Gasteiger partial charge in [-0.15, -0.1) is 0 Å². The van der Waals surface area contributed by atoms with Crippen LogP contribution in [0.1, 0.15) is 30.6 Å². The Morgan fingerprint density at radius 2 is 2.10 bits per heavy atom. The van der Waals surface area contributed by atoms with Gasteiger partial charge in [0.15, 0.2) is 18.3 Å². The highest BCUT2D eigenvalue weighted by Gasteiger charge is 2.34. The van der Waals surface area contributed by atoms with Gasteiger partial charge in [-0.05, 0) is 26.0 Å². The predicted molar refractivity (Wildman–Crippen MR) is 78.4 cm³/mol. The summed E-state index contributed by atoms with van der Waals surface area (Å²) in [6.07, 6.45) is 0.330. The fraction of sp³-hybridized carbons (Fsp3) is 0.533. The van der Waals surface area contributed by atoms with Crippen LogP contribution in [0.2, 0.25) is 5.02 Å². The molecule has 6 heteroatoms. The van der Waals surface area contributed by atoms with E-state index < -0.39 is 5.60 Å². The molecule has 2 rings (SSSR count). The summed E-state index contributed by atoms with van der Waals surface area (Å²) in [6.45, 7) is 4.69. The second-order valence-corrected chi connectivity index (χ2v) is 5.76. The maximum absolute atomic E-state index is 12.1. The number of carbonyl (C=O) groups excluding carboxylic acids is 1. The van der Waals surface area contributed by atoms with Gasteiger partial charge in [0.1, 0.15) is 16.4 Å². The molecule has 1 aromatic carbocycles. The monoisotopic (exact) mass is 314 g/mol. The molecule has 0 amide bonds. The van der Waals surface area contributed by atoms with Crippen LogP contribution in [0.15, 0.2) is 12.1 Å². The molecule has 1 heterocycles. The van der Waals surface area contributed by atoms with Gasteiger partial charge in [-0.1, -0.05) is 11.6 Å². The van der Waals surface area contributed by atoms with Crippen LogP contribution in [0.3, 0.4) is 0 Å². The lowest BCUT2D eigenvalue weighted by atomic mass is 9.93. The van der Waals surface area contributed by atoms with Gasteiger partial charge >= 0.3 is 0 Å². The van der Waals surface area contributed by atoms with E-state index in [1.165, 1.54) is 0 Å². The molecule has 0 fully saturated rings. The van der Waals surface area contributed by atoms with Crippen LogP contribution in [0.4, 0.5) is 0 Å². The molecule has 0 radical (unpaired) electrons. The molecule has 0 aliphatic carbocycles. The first kappa shape index (κ1) is 16.1. The van der Waals surface area contributed by atoms with E-state index in [4.69, 9.17) is 30.5 Å². The molecule has 0 spiro atoms. The summed E-state index contributed by atoms with van der Waals surface area (Å²) >= 11 is 6.28. The third-order valence-electron chi connectivity index (χ3n) is 3.06. The van der Waals surface area contributed by atoms with E-state index in [2.05, 4.69) is 0 Å². The Morgan fingerprint density at radius 1 is 1.33 bits per heavy atom. The number of halogens is 1. The van der Waals surface area contributed by atoms with Crippen molar-refractivity contribution < 1.29 is 23.7 Å². The van der Waals surface area contributed by atoms with Gasteiger partial charge in [0.25, 0.3) is 0 Å². The number of ketones is 1. The van der Waals surface area contributed by atoms with Crippen LogP contribution in [-0.4, -0.2) is 38.5 Å². The average Bonchev–Trinajstić information content (AvgIpc) is 2.40. The third-order valence-corrected chi connectivity index (χ3v) is 3.41. The summed E-state index contributed by atoms with van der Waals surface area (Å²) in [5, 5.41) is 0.295. The summed E-state index contributed by atoms with van der Waals surface area (Å²) in [5.41, 5.74) is -0.0756. The standard InChI is InChI=1S/C15H19ClO5/c1-15(2)8-11(17)10-4-5-12(13(16)14(10)21-15)20-9-19-7-6-18-3/h4-5H,6-9H2,1-3H3. The van der Waals surface area contributed by atoms with Crippen molar-refractivity contribution in [3.63, 3.8) is 0 Å². The van der Waals surface area contributed by atoms with Crippen molar-refractivity contribution in [1.82, 2.24) is 0 Å². The van der Waals surface area contributed by atoms with Crippen molar-refractivity contribution in [2.24, 2.45) is 0 Å². The summed E-state index contributed by atoms with van der Waals surface area (Å²) in [5.74, 6) is 0.830. The first-order valence-corrected chi connectivity index (χ1v) is 7.06. The van der Waals surface area contributed by atoms with Crippen LogP contribution in [0, 0.1) is 0 Å². The first-order chi connectivity index (χ1) is 9.94. The Bertz CT molecular complexity index is 527. The zero-order valence-electron chi connectivity index (χ0n) is 12.4. The van der Waals surface area contributed by atoms with Crippen molar-refractivity contribution in [2.75, 3.05) is 27.1 Å². The lowest BCUT2D eigenvalue weighted by Crippen LogP contribution is -2.36. The van der Waals surface area contributed by atoms with Gasteiger partial charge in [-0.25, -0.2) is 0 Å². The smallest absolute Gasteiger partial charge is 0.189 e. The van der Waals surface area contributed by atoms with E-state index in [-0.39, 0.29) is 12.6 Å². The van der Waals surface area contributed by atoms with Crippen LogP contribution in [0.25, 0.3) is 0 Å². The summed E-state index contributed by atoms with van der Waals surface area (Å²) in [4.78, 5) is 12.1. The van der Waals surface area contributed by atoms with Crippen LogP contribution >= 0.6 is 11.6 Å². The number of hydrogen-bond donors (Lipinski definition) is 0. The number of ether oxygens (including phenoxy) is 4. The van der Waals surface area contributed by atoms with Crippen molar-refractivity contribution in [3.05, 3.63) is 22.7 Å². The summed E-state index contributed by atoms with van der Waals surface area (Å²) < 4.78 is 21.4. The number of carbonyl (C=O) groups is 1. The number of Topliss-reactive ketones (excluding diaryl/α,β-unsaturated/α-hetero) is 1. The zero-order valence-corrected chi connectivity index (χ0v) is 13.2. The minimum Gasteiger partial charge on any atom is -0.485 e. The van der Waals surface area contributed by atoms with Crippen molar-refractivity contribution in [3.8, 4) is 11.5 Å². The van der Waals surface area contributed by atoms with Gasteiger partial charge in [-0.3, -0.25) is 4.79 Å². The molecule has 0 saturated carbocycles. The van der Waals surface area contributed by atoms with E-state index in [1.54, 1.807) is 19.2 Å². The molecule has 116 valence electrons. The lowest BCUT2D eigenvalue weighted by Gasteiger charge is -2.32. The molecule has 5 nitrogen and oxygen atoms in total. The Kier molecular flexibility index (Phi) is 5.08. The molecular formula is C15H19ClO5. The molecular weight excluding hydrogens is 296 g/mol. The highest BCUT2D eigenvalue weighted by Crippen LogP contribution is 2.43. The molecule has 1 aromatic rings. The quantitative estimate of drug-likeness (QED) is 0.596. The topological polar surface area (TPSA) is 54.0 Å². The fourth-order valence-corrected chi connectivity index (χ4v) is 2.33. The van der Waals surface area contributed by atoms with E-state index in [0.29, 0.717) is 41.7 Å². The summed E-state index contributed by atoms with van der Waals surface area (Å²) in [6, 6.07) is 3.32. The molecule has 0 saturated heterocycles. The maximum Gasteiger partial charge on any atom is 0.189 e. The first-order valence-electron chi connectivity index (χ1n) is 6.69. The molecule has 1 aliphatic heterocycles. The number of benzene rings is 1. The molecule has 21 heavy (non-hydrogen) atoms. The van der Waals surface area contributed by atoms with E-state index in [1.807, 2.05) is 13.8 Å². The van der Waals surface area contributed by atoms with Crippen LogP contribution in [-0.2, 0) is 9.47 Å². The highest BCUT2D eigenvalue weighted by atomic mass is 35.5. The van der Waals surface area contributed by atoms with Gasteiger partial charge in [-0.2, -0.15) is 0 Å². The number of rotatable bonds is 6. The van der Waals surface area contributed by atoms with Crippen molar-refractivity contribution in [1.29, 1.82) is 0 Å². The Morgan fingerprint density at radius 3 is 2.81 bits per heavy atom. The fourth-order valence-electron chi connectivity index (χ4n) is 2.07. The zero-order chi connectivity index (χ0) is 15.5. The number of methoxy groups -OCH3 is 1. The molecule has 1 aliphatic rings. The van der Waals surface area contributed by atoms with Crippen molar-refractivity contribution >= 4 is 17.4 Å². The SMILES string of the molecule is COCCOCOc1ccc2c(c1Cl)OC(C)(C)CC2=O. The molecule has 0 bridgehead atoms. The normalized spacial score (nSPS) is 16.3. The van der Waals surface area contributed by atoms with Gasteiger partial charge in [0.05, 0.1) is 25.2 Å². The number of fused-ring (bicyclic) bond motifs is 1. The second kappa shape index (κ2) is 6.64. The number of hydrogen-bond acceptors (Lipinski definition) is 5. The predicted octanol–water partition coefficient (Wildman–Crippen LogP) is 3.08. The Labute approximate surface area is 129 Å². The van der Waals surface area contributed by atoms with Gasteiger partial charge in [0, 0.05) is 7.11 Å². The minimum atomic E-state index is -0.568. The largest absolute Gasteiger partial charge is 0.485 e. The van der Waals surface area contributed by atoms with Gasteiger partial charge < -0.3 is 18.9 Å². The molecule has 0 aromatic heterocycles. The van der Waals surface area contributed by atoms with Crippen LogP contribution < -0.4 is 9.47 Å². The van der Waals surface area contributed by atoms with E-state index >= 15 is 0 Å². The molecule has 0 N–H and O–H groups in total. The Hall–Kier alpha value is -1.30. The highest BCUT2D eigenvalue weighted by molar-refractivity contribution is 6.34. The maximum atomic E-state index is 12.1. The molecule has 0 atom stereocenters. The van der Waals surface area contributed by atoms with E-state index in [0.717, 1.165) is 0 Å². The third kappa shape index (κ3) is 3.87. The summed E-state index contributed by atoms with van der Waals surface area (Å²) in [7, 11) is 1.60. The van der Waals surface area contributed by atoms with E-state index in [9.17, 15) is 4.79 Å². The minimum absolute atomic E-state index is 0.0195. The molecule has 0 unspecified atom stereocenters. The lowest BCUT2D eigenvalue weighted by molar-refractivity contribution is -0.00868. The average molecular weight is 315 g/mol. The van der Waals surface area contributed by atoms with Crippen LogP contribution in [0.5, 0.6) is 11.5 Å².